The van der Waals surface area contributed by atoms with Gasteiger partial charge in [0.15, 0.2) is 23.9 Å². The Labute approximate surface area is 719 Å². The van der Waals surface area contributed by atoms with E-state index >= 15 is 24.0 Å². The number of fused-ring (bicyclic) bond motifs is 15. The summed E-state index contributed by atoms with van der Waals surface area (Å²) < 4.78 is 39.6. The lowest BCUT2D eigenvalue weighted by Crippen LogP contribution is -2.65. The Bertz CT molecular complexity index is 5170. The van der Waals surface area contributed by atoms with Crippen LogP contribution in [0.4, 0.5) is 5.69 Å². The van der Waals surface area contributed by atoms with Crippen molar-refractivity contribution in [3.05, 3.63) is 182 Å². The van der Waals surface area contributed by atoms with Gasteiger partial charge in [0.2, 0.25) is 53.4 Å². The summed E-state index contributed by atoms with van der Waals surface area (Å²) in [5.41, 5.74) is 9.37. The summed E-state index contributed by atoms with van der Waals surface area (Å²) in [7, 11) is 1.47. The quantitative estimate of drug-likeness (QED) is 0.0343. The fourth-order valence-corrected chi connectivity index (χ4v) is 15.6. The topological polar surface area (TPSA) is 570 Å². The van der Waals surface area contributed by atoms with Crippen LogP contribution in [0.2, 0.25) is 10.0 Å². The largest absolute Gasteiger partial charge is 0.508 e. The molecule has 2 saturated heterocycles. The molecular weight excluding hydrogens is 1660 g/mol. The first-order valence-corrected chi connectivity index (χ1v) is 40.5. The number of phenols is 3. The Hall–Kier alpha value is -11.4. The van der Waals surface area contributed by atoms with E-state index in [0.29, 0.717) is 16.8 Å². The number of carbonyl (C=O) groups is 9. The zero-order valence-corrected chi connectivity index (χ0v) is 69.5. The predicted molar refractivity (Wildman–Crippen MR) is 442 cm³/mol. The number of aromatic hydroxyl groups is 3. The zero-order chi connectivity index (χ0) is 89.6. The SMILES string of the molecule is CN[C@H](CC(C)C)C(=O)N[C@H]1C(=O)N[C@@H](CC(N)=O)C(=O)N[C@H]2C(=O)N[C@H]3C(=O)N[C@H](C(=O)N[C@@H](C(=O)NNCCO)c4cc(O)cc(O)c4-c4cc3ccc4O)[C@H](O)c3ccc(c(Cl)c3)Oc3cc2cc(c3O[C@@H]2O[C@H](CO)[C@@H](O)[C@H](O)[C@H]2O[C@H]2C[C@](C)(NCc3ccc(NC(=O)c4ccc(C(C)C)cc4)cc3)[C@H](O)[C@H](C)O2)Oc2ccc(cc2Cl)[C@H]1O. The van der Waals surface area contributed by atoms with Crippen LogP contribution in [-0.2, 0) is 59.1 Å². The number of hydrogen-bond acceptors (Lipinski definition) is 28. The van der Waals surface area contributed by atoms with Gasteiger partial charge in [0.05, 0.1) is 47.9 Å². The Morgan fingerprint density at radius 3 is 1.91 bits per heavy atom. The number of nitrogens with one attached hydrogen (secondary N) is 11. The number of phenolic OH excluding ortho intramolecular Hbond substituents is 3. The second-order valence-electron chi connectivity index (χ2n) is 31.7. The predicted octanol–water partition coefficient (Wildman–Crippen LogP) is 2.84. The number of rotatable bonds is 22. The molecule has 2 fully saturated rings. The molecule has 0 radical (unpaired) electrons. The van der Waals surface area contributed by atoms with Crippen LogP contribution in [0.3, 0.4) is 0 Å². The molecular formula is C85H98Cl2N12O25. The summed E-state index contributed by atoms with van der Waals surface area (Å²) in [6.07, 6.45) is -19.0. The highest BCUT2D eigenvalue weighted by atomic mass is 35.5. The molecule has 11 bridgehead atoms. The third-order valence-electron chi connectivity index (χ3n) is 21.9. The first-order chi connectivity index (χ1) is 58.9. The van der Waals surface area contributed by atoms with Crippen LogP contribution in [0, 0.1) is 5.92 Å². The summed E-state index contributed by atoms with van der Waals surface area (Å²) in [5, 5.41) is 140. The third-order valence-corrected chi connectivity index (χ3v) is 22.5. The molecule has 39 heteroatoms. The molecule has 7 aromatic rings. The molecule has 7 aromatic carbocycles. The van der Waals surface area contributed by atoms with Crippen LogP contribution in [0.1, 0.15) is 146 Å². The van der Waals surface area contributed by atoms with E-state index in [0.717, 1.165) is 66.2 Å². The van der Waals surface area contributed by atoms with Crippen LogP contribution in [0.15, 0.2) is 127 Å². The van der Waals surface area contributed by atoms with Crippen LogP contribution in [0.5, 0.6) is 46.0 Å². The average Bonchev–Trinajstić information content (AvgIpc) is 0.767. The molecule has 0 saturated carbocycles. The van der Waals surface area contributed by atoms with E-state index in [1.54, 1.807) is 50.2 Å². The number of aliphatic hydroxyl groups excluding tert-OH is 7. The molecule has 124 heavy (non-hydrogen) atoms. The Kier molecular flexibility index (Phi) is 29.0. The first-order valence-electron chi connectivity index (χ1n) is 39.8. The molecule has 0 spiro atoms. The van der Waals surface area contributed by atoms with E-state index < -0.39 is 244 Å². The molecule has 14 rings (SSSR count). The standard InChI is InChI=1S/C85H98Cl2N12O25/c1-36(2)24-52(89-7)77(112)97-67-69(106)43-15-20-56(50(86)26-43)120-58-28-45-29-59(73(58)124-84-74(72(109)71(108)60(35-101)122-84)123-62-33-85(6,75(110)38(5)119-62)90-34-39-8-17-46(18-9-39)92-76(111)41-12-10-40(11-13-41)37(3)4)121-57-21-16-44(27-51(57)87)70(107)68-82(117)96-66(83(118)99-91-22-23-100)49-30-47(102)31-55(104)63(49)48-25-42(14-19-54(48)103)64(79(114)98-68)95-80(115)65(45)94-78(113)53(32-61(88)105)93-81(67)116/h8-21,25-31,36-38,52-53,60,62,64-72,74-75,84,89-91,100-104,106-110H,22-24,32-35H2,1-7H3,(H2,88,105)(H,92,111)(H,93,116)(H,94,113)(H,95,115)(H,96,117)(H,97,112)(H,98,114)(H,99,118)/t38-,52+,53-,60+,62-,64+,65+,66+,67+,68-,69+,70+,71+,72-,74+,75+,84-,85-/m0/s1. The molecule has 7 aliphatic heterocycles. The number of hydrazine groups is 1. The van der Waals surface area contributed by atoms with Gasteiger partial charge >= 0.3 is 0 Å². The van der Waals surface area contributed by atoms with Gasteiger partial charge in [-0.05, 0) is 157 Å². The smallest absolute Gasteiger partial charge is 0.261 e. The normalized spacial score (nSPS) is 26.1. The second-order valence-corrected chi connectivity index (χ2v) is 32.5. The Morgan fingerprint density at radius 1 is 0.669 bits per heavy atom. The molecule has 0 unspecified atom stereocenters. The molecule has 18 atom stereocenters. The van der Waals surface area contributed by atoms with Crippen molar-refractivity contribution in [2.24, 2.45) is 11.7 Å². The maximum Gasteiger partial charge on any atom is 0.261 e. The first kappa shape index (κ1) is 91.8. The number of primary amides is 1. The van der Waals surface area contributed by atoms with Gasteiger partial charge in [0.25, 0.3) is 11.8 Å². The Morgan fingerprint density at radius 2 is 1.30 bits per heavy atom. The highest BCUT2D eigenvalue weighted by Gasteiger charge is 2.52. The average molecular weight is 1760 g/mol. The van der Waals surface area contributed by atoms with Gasteiger partial charge in [-0.15, -0.1) is 0 Å². The van der Waals surface area contributed by atoms with Crippen LogP contribution in [-0.4, -0.2) is 210 Å². The van der Waals surface area contributed by atoms with Gasteiger partial charge in [-0.25, -0.2) is 5.43 Å². The number of aliphatic hydroxyl groups is 7. The van der Waals surface area contributed by atoms with Crippen molar-refractivity contribution >= 4 is 82.1 Å². The molecule has 0 aromatic heterocycles. The summed E-state index contributed by atoms with van der Waals surface area (Å²) >= 11 is 14.4. The highest BCUT2D eigenvalue weighted by molar-refractivity contribution is 6.32. The lowest BCUT2D eigenvalue weighted by Gasteiger charge is -2.48. The minimum Gasteiger partial charge on any atom is -0.508 e. The number of anilines is 1. The molecule has 662 valence electrons. The van der Waals surface area contributed by atoms with Crippen molar-refractivity contribution in [1.82, 2.24) is 53.4 Å². The van der Waals surface area contributed by atoms with Crippen molar-refractivity contribution in [2.45, 2.75) is 183 Å². The molecule has 0 aliphatic carbocycles. The number of likely N-dealkylation sites (N-methyl/N-ethyl adjacent to an activating group) is 1. The monoisotopic (exact) mass is 1760 g/mol. The van der Waals surface area contributed by atoms with E-state index in [9.17, 15) is 70.2 Å². The summed E-state index contributed by atoms with van der Waals surface area (Å²) in [4.78, 5) is 133. The van der Waals surface area contributed by atoms with Crippen molar-refractivity contribution in [3.8, 4) is 57.1 Å². The van der Waals surface area contributed by atoms with Crippen molar-refractivity contribution in [2.75, 3.05) is 32.1 Å². The van der Waals surface area contributed by atoms with E-state index in [4.69, 9.17) is 57.4 Å². The lowest BCUT2D eigenvalue weighted by molar-refractivity contribution is -0.334. The van der Waals surface area contributed by atoms with Gasteiger partial charge in [-0.2, -0.15) is 0 Å². The van der Waals surface area contributed by atoms with Gasteiger partial charge in [0, 0.05) is 53.5 Å². The van der Waals surface area contributed by atoms with E-state index in [1.165, 1.54) is 25.2 Å². The number of ether oxygens (including phenoxy) is 6. The molecule has 7 heterocycles. The van der Waals surface area contributed by atoms with Gasteiger partial charge < -0.3 is 133 Å². The fourth-order valence-electron chi connectivity index (χ4n) is 15.2. The van der Waals surface area contributed by atoms with Crippen LogP contribution in [0.25, 0.3) is 11.1 Å². The maximum absolute atomic E-state index is 16.3. The summed E-state index contributed by atoms with van der Waals surface area (Å²) in [6, 6.07) is 14.0. The van der Waals surface area contributed by atoms with Crippen LogP contribution >= 0.6 is 23.2 Å². The molecule has 9 amide bonds. The zero-order valence-electron chi connectivity index (χ0n) is 68.0. The van der Waals surface area contributed by atoms with E-state index in [2.05, 4.69) is 58.7 Å². The highest BCUT2D eigenvalue weighted by Crippen LogP contribution is 2.50. The minimum atomic E-state index is -2.38. The van der Waals surface area contributed by atoms with E-state index in [1.807, 2.05) is 39.8 Å². The number of halogens is 2. The van der Waals surface area contributed by atoms with Crippen molar-refractivity contribution in [3.63, 3.8) is 0 Å². The van der Waals surface area contributed by atoms with E-state index in [-0.39, 0.29) is 71.1 Å². The van der Waals surface area contributed by atoms with Gasteiger partial charge in [-0.1, -0.05) is 93.4 Å². The Balaban J connectivity index is 1.01. The number of hydrogen-bond donors (Lipinski definition) is 22. The summed E-state index contributed by atoms with van der Waals surface area (Å²) in [5.74, 6) is -15.3. The number of amides is 9. The third kappa shape index (κ3) is 20.7. The number of nitrogens with two attached hydrogens (primary N) is 1. The molecule has 23 N–H and O–H groups in total. The molecule has 37 nitrogen and oxygen atoms in total. The van der Waals surface area contributed by atoms with Crippen LogP contribution < -0.4 is 78.6 Å². The van der Waals surface area contributed by atoms with Gasteiger partial charge in [-0.3, -0.25) is 48.6 Å². The van der Waals surface area contributed by atoms with Crippen molar-refractivity contribution < 1.29 is 123 Å². The second kappa shape index (κ2) is 39.2. The van der Waals surface area contributed by atoms with Crippen molar-refractivity contribution in [1.29, 1.82) is 0 Å². The lowest BCUT2D eigenvalue weighted by atomic mass is 9.84. The number of carbonyl (C=O) groups excluding carboxylic acids is 9. The fraction of sp³-hybridized carbons (Fsp3) is 0.400. The summed E-state index contributed by atoms with van der Waals surface area (Å²) in [6.45, 7) is 9.31. The number of benzene rings is 7. The van der Waals surface area contributed by atoms with Gasteiger partial charge in [0.1, 0.15) is 95.5 Å². The molecule has 7 aliphatic rings. The maximum atomic E-state index is 16.3. The minimum absolute atomic E-state index is 0.115.